The monoisotopic (exact) mass is 272 g/mol. The van der Waals surface area contributed by atoms with Gasteiger partial charge >= 0.3 is 5.97 Å². The molecule has 0 spiro atoms. The third-order valence-electron chi connectivity index (χ3n) is 2.10. The molecule has 0 heterocycles. The van der Waals surface area contributed by atoms with Gasteiger partial charge < -0.3 is 20.2 Å². The van der Waals surface area contributed by atoms with Crippen molar-refractivity contribution in [1.29, 1.82) is 0 Å². The number of amides is 2. The lowest BCUT2D eigenvalue weighted by Crippen LogP contribution is -2.45. The number of carbonyl (C=O) groups excluding carboxylic acids is 4. The molecule has 2 N–H and O–H groups in total. The molecule has 0 aliphatic heterocycles. The van der Waals surface area contributed by atoms with E-state index < -0.39 is 17.9 Å². The third kappa shape index (κ3) is 8.76. The van der Waals surface area contributed by atoms with Gasteiger partial charge in [-0.2, -0.15) is 0 Å². The van der Waals surface area contributed by atoms with Crippen LogP contribution in [0, 0.1) is 0 Å². The molecular weight excluding hydrogens is 252 g/mol. The van der Waals surface area contributed by atoms with Crippen molar-refractivity contribution < 1.29 is 23.9 Å². The van der Waals surface area contributed by atoms with E-state index in [2.05, 4.69) is 10.6 Å². The SMILES string of the molecule is CC(=O)CCC(NC(=O)CNC=O)C(=O)OC(C)C. The van der Waals surface area contributed by atoms with Crippen LogP contribution in [-0.2, 0) is 23.9 Å². The summed E-state index contributed by atoms with van der Waals surface area (Å²) >= 11 is 0. The topological polar surface area (TPSA) is 102 Å². The lowest BCUT2D eigenvalue weighted by atomic mass is 10.1. The van der Waals surface area contributed by atoms with Crippen LogP contribution in [0.25, 0.3) is 0 Å². The lowest BCUT2D eigenvalue weighted by Gasteiger charge is -2.18. The van der Waals surface area contributed by atoms with Gasteiger partial charge in [-0.3, -0.25) is 9.59 Å². The molecule has 2 amide bonds. The van der Waals surface area contributed by atoms with E-state index in [1.54, 1.807) is 13.8 Å². The second-order valence-electron chi connectivity index (χ2n) is 4.35. The Labute approximate surface area is 112 Å². The van der Waals surface area contributed by atoms with E-state index in [9.17, 15) is 19.2 Å². The fourth-order valence-corrected chi connectivity index (χ4v) is 1.29. The molecular formula is C12H20N2O5. The standard InChI is InChI=1S/C12H20N2O5/c1-8(2)19-12(18)10(5-4-9(3)16)14-11(17)6-13-7-15/h7-8,10H,4-6H2,1-3H3,(H,13,15)(H,14,17). The first-order valence-corrected chi connectivity index (χ1v) is 6.03. The van der Waals surface area contributed by atoms with Gasteiger partial charge in [-0.15, -0.1) is 0 Å². The molecule has 19 heavy (non-hydrogen) atoms. The average molecular weight is 272 g/mol. The highest BCUT2D eigenvalue weighted by Gasteiger charge is 2.23. The van der Waals surface area contributed by atoms with E-state index in [4.69, 9.17) is 4.74 Å². The van der Waals surface area contributed by atoms with Crippen molar-refractivity contribution in [2.75, 3.05) is 6.54 Å². The van der Waals surface area contributed by atoms with Gasteiger partial charge in [0.25, 0.3) is 0 Å². The third-order valence-corrected chi connectivity index (χ3v) is 2.10. The fraction of sp³-hybridized carbons (Fsp3) is 0.667. The van der Waals surface area contributed by atoms with Crippen LogP contribution in [0.2, 0.25) is 0 Å². The Hall–Kier alpha value is -1.92. The van der Waals surface area contributed by atoms with Gasteiger partial charge in [-0.05, 0) is 27.2 Å². The normalized spacial score (nSPS) is 11.6. The zero-order chi connectivity index (χ0) is 14.8. The number of carbonyl (C=O) groups is 4. The maximum absolute atomic E-state index is 11.7. The van der Waals surface area contributed by atoms with E-state index >= 15 is 0 Å². The number of Topliss-reactive ketones (excluding diaryl/α,β-unsaturated/α-hetero) is 1. The highest BCUT2D eigenvalue weighted by atomic mass is 16.5. The van der Waals surface area contributed by atoms with E-state index in [0.717, 1.165) is 0 Å². The Kier molecular flexibility index (Phi) is 8.15. The Balaban J connectivity index is 4.47. The highest BCUT2D eigenvalue weighted by Crippen LogP contribution is 2.03. The first-order chi connectivity index (χ1) is 8.86. The average Bonchev–Trinajstić information content (AvgIpc) is 2.30. The molecule has 0 rings (SSSR count). The molecule has 0 saturated carbocycles. The van der Waals surface area contributed by atoms with Crippen molar-refractivity contribution in [2.45, 2.75) is 45.8 Å². The number of rotatable bonds is 9. The van der Waals surface area contributed by atoms with Crippen molar-refractivity contribution >= 4 is 24.1 Å². The van der Waals surface area contributed by atoms with E-state index in [-0.39, 0.29) is 31.3 Å². The highest BCUT2D eigenvalue weighted by molar-refractivity contribution is 5.86. The molecule has 0 saturated heterocycles. The molecule has 1 unspecified atom stereocenters. The molecule has 0 fully saturated rings. The largest absolute Gasteiger partial charge is 0.461 e. The van der Waals surface area contributed by atoms with E-state index in [1.807, 2.05) is 0 Å². The van der Waals surface area contributed by atoms with E-state index in [0.29, 0.717) is 6.41 Å². The number of hydrogen-bond acceptors (Lipinski definition) is 5. The van der Waals surface area contributed by atoms with Crippen LogP contribution in [0.15, 0.2) is 0 Å². The summed E-state index contributed by atoms with van der Waals surface area (Å²) in [6.45, 7) is 4.56. The first kappa shape index (κ1) is 17.1. The number of nitrogens with one attached hydrogen (secondary N) is 2. The minimum Gasteiger partial charge on any atom is -0.461 e. The maximum atomic E-state index is 11.7. The second kappa shape index (κ2) is 9.07. The van der Waals surface area contributed by atoms with Crippen molar-refractivity contribution in [3.63, 3.8) is 0 Å². The zero-order valence-corrected chi connectivity index (χ0v) is 11.4. The summed E-state index contributed by atoms with van der Waals surface area (Å²) in [7, 11) is 0. The van der Waals surface area contributed by atoms with E-state index in [1.165, 1.54) is 6.92 Å². The van der Waals surface area contributed by atoms with Gasteiger partial charge in [0.1, 0.15) is 11.8 Å². The maximum Gasteiger partial charge on any atom is 0.328 e. The minimum atomic E-state index is -0.882. The van der Waals surface area contributed by atoms with Crippen LogP contribution in [-0.4, -0.2) is 42.8 Å². The molecule has 0 bridgehead atoms. The smallest absolute Gasteiger partial charge is 0.328 e. The Morgan fingerprint density at radius 1 is 1.26 bits per heavy atom. The summed E-state index contributed by atoms with van der Waals surface area (Å²) in [5, 5.41) is 4.61. The van der Waals surface area contributed by atoms with Gasteiger partial charge in [0.2, 0.25) is 12.3 Å². The van der Waals surface area contributed by atoms with Gasteiger partial charge in [0.05, 0.1) is 12.6 Å². The number of esters is 1. The molecule has 0 aromatic carbocycles. The van der Waals surface area contributed by atoms with Crippen LogP contribution in [0.3, 0.4) is 0 Å². The molecule has 0 aliphatic carbocycles. The van der Waals surface area contributed by atoms with Gasteiger partial charge in [-0.25, -0.2) is 4.79 Å². The Morgan fingerprint density at radius 3 is 2.37 bits per heavy atom. The predicted molar refractivity (Wildman–Crippen MR) is 67.1 cm³/mol. The van der Waals surface area contributed by atoms with Gasteiger partial charge in [0, 0.05) is 6.42 Å². The Bertz CT molecular complexity index is 341. The number of ether oxygens (including phenoxy) is 1. The van der Waals surface area contributed by atoms with Crippen molar-refractivity contribution in [3.05, 3.63) is 0 Å². The Morgan fingerprint density at radius 2 is 1.89 bits per heavy atom. The molecule has 7 heteroatoms. The minimum absolute atomic E-state index is 0.0809. The zero-order valence-electron chi connectivity index (χ0n) is 11.4. The summed E-state index contributed by atoms with van der Waals surface area (Å²) < 4.78 is 5.00. The molecule has 1 atom stereocenters. The fourth-order valence-electron chi connectivity index (χ4n) is 1.29. The molecule has 0 aromatic heterocycles. The van der Waals surface area contributed by atoms with Gasteiger partial charge in [-0.1, -0.05) is 0 Å². The van der Waals surface area contributed by atoms with Crippen LogP contribution >= 0.6 is 0 Å². The van der Waals surface area contributed by atoms with Crippen molar-refractivity contribution in [3.8, 4) is 0 Å². The molecule has 7 nitrogen and oxygen atoms in total. The quantitative estimate of drug-likeness (QED) is 0.437. The number of hydrogen-bond donors (Lipinski definition) is 2. The van der Waals surface area contributed by atoms with Crippen molar-refractivity contribution in [2.24, 2.45) is 0 Å². The van der Waals surface area contributed by atoms with Crippen molar-refractivity contribution in [1.82, 2.24) is 10.6 Å². The summed E-state index contributed by atoms with van der Waals surface area (Å²) in [5.41, 5.74) is 0. The van der Waals surface area contributed by atoms with Gasteiger partial charge in [0.15, 0.2) is 0 Å². The second-order valence-corrected chi connectivity index (χ2v) is 4.35. The summed E-state index contributed by atoms with van der Waals surface area (Å²) in [5.74, 6) is -1.18. The summed E-state index contributed by atoms with van der Waals surface area (Å²) in [6.07, 6.45) is 0.418. The van der Waals surface area contributed by atoms with Crippen LogP contribution in [0.1, 0.15) is 33.6 Å². The molecule has 0 aliphatic rings. The molecule has 108 valence electrons. The van der Waals surface area contributed by atoms with Crippen LogP contribution in [0.5, 0.6) is 0 Å². The molecule has 0 aromatic rings. The number of ketones is 1. The lowest BCUT2D eigenvalue weighted by molar-refractivity contribution is -0.151. The summed E-state index contributed by atoms with van der Waals surface area (Å²) in [4.78, 5) is 44.1. The van der Waals surface area contributed by atoms with Crippen LogP contribution in [0.4, 0.5) is 0 Å². The first-order valence-electron chi connectivity index (χ1n) is 6.03. The predicted octanol–water partition coefficient (Wildman–Crippen LogP) is -0.462. The molecule has 0 radical (unpaired) electrons. The summed E-state index contributed by atoms with van der Waals surface area (Å²) in [6, 6.07) is -0.882. The van der Waals surface area contributed by atoms with Crippen LogP contribution < -0.4 is 10.6 Å².